The summed E-state index contributed by atoms with van der Waals surface area (Å²) in [6, 6.07) is 0. The number of hydroxylamine groups is 1. The van der Waals surface area contributed by atoms with Crippen molar-refractivity contribution in [3.05, 3.63) is 0 Å². The number of nitrogens with one attached hydrogen (secondary N) is 1. The van der Waals surface area contributed by atoms with Crippen molar-refractivity contribution in [2.24, 2.45) is 0 Å². The molecule has 0 radical (unpaired) electrons. The van der Waals surface area contributed by atoms with Crippen LogP contribution in [0, 0.1) is 0 Å². The first-order valence-corrected chi connectivity index (χ1v) is 5.49. The van der Waals surface area contributed by atoms with E-state index in [2.05, 4.69) is 5.48 Å². The van der Waals surface area contributed by atoms with Crippen molar-refractivity contribution in [1.29, 1.82) is 0 Å². The standard InChI is InChI=1S/C6H13NO3S/c1-7-10-6-3-2-4-11(8,9)5-6/h6-7H,2-5H2,1H3. The van der Waals surface area contributed by atoms with E-state index in [0.717, 1.165) is 6.42 Å². The molecule has 1 unspecified atom stereocenters. The lowest BCUT2D eigenvalue weighted by Crippen LogP contribution is -2.34. The highest BCUT2D eigenvalue weighted by molar-refractivity contribution is 7.91. The minimum atomic E-state index is -2.82. The molecular formula is C6H13NO3S. The van der Waals surface area contributed by atoms with Gasteiger partial charge in [0.2, 0.25) is 0 Å². The maximum absolute atomic E-state index is 11.0. The molecule has 0 spiro atoms. The first-order chi connectivity index (χ1) is 5.14. The third-order valence-electron chi connectivity index (χ3n) is 1.71. The summed E-state index contributed by atoms with van der Waals surface area (Å²) in [5.74, 6) is 0.477. The van der Waals surface area contributed by atoms with Gasteiger partial charge in [-0.05, 0) is 12.8 Å². The summed E-state index contributed by atoms with van der Waals surface area (Å²) in [6.45, 7) is 0. The van der Waals surface area contributed by atoms with Crippen molar-refractivity contribution < 1.29 is 13.3 Å². The van der Waals surface area contributed by atoms with Crippen molar-refractivity contribution in [3.8, 4) is 0 Å². The fraction of sp³-hybridized carbons (Fsp3) is 1.00. The molecule has 1 aliphatic heterocycles. The second-order valence-corrected chi connectivity index (χ2v) is 4.93. The minimum Gasteiger partial charge on any atom is -0.298 e. The lowest BCUT2D eigenvalue weighted by atomic mass is 10.2. The number of hydrogen-bond donors (Lipinski definition) is 1. The van der Waals surface area contributed by atoms with Crippen molar-refractivity contribution in [2.45, 2.75) is 18.9 Å². The molecule has 0 amide bonds. The van der Waals surface area contributed by atoms with Gasteiger partial charge < -0.3 is 0 Å². The Morgan fingerprint density at radius 2 is 2.27 bits per heavy atom. The Morgan fingerprint density at radius 1 is 1.55 bits per heavy atom. The van der Waals surface area contributed by atoms with Crippen LogP contribution in [0.5, 0.6) is 0 Å². The van der Waals surface area contributed by atoms with Gasteiger partial charge >= 0.3 is 0 Å². The highest BCUT2D eigenvalue weighted by Crippen LogP contribution is 2.13. The van der Waals surface area contributed by atoms with E-state index in [-0.39, 0.29) is 11.9 Å². The molecule has 0 bridgehead atoms. The van der Waals surface area contributed by atoms with Gasteiger partial charge in [0.25, 0.3) is 0 Å². The molecule has 1 saturated heterocycles. The Labute approximate surface area is 66.8 Å². The van der Waals surface area contributed by atoms with Crippen LogP contribution in [0.1, 0.15) is 12.8 Å². The maximum Gasteiger partial charge on any atom is 0.152 e. The van der Waals surface area contributed by atoms with Crippen molar-refractivity contribution in [3.63, 3.8) is 0 Å². The van der Waals surface area contributed by atoms with Gasteiger partial charge in [-0.2, -0.15) is 0 Å². The Bertz CT molecular complexity index is 210. The van der Waals surface area contributed by atoms with Crippen LogP contribution in [0.15, 0.2) is 0 Å². The lowest BCUT2D eigenvalue weighted by molar-refractivity contribution is -0.00552. The Balaban J connectivity index is 2.47. The molecule has 66 valence electrons. The van der Waals surface area contributed by atoms with Gasteiger partial charge in [0.05, 0.1) is 17.6 Å². The monoisotopic (exact) mass is 179 g/mol. The molecule has 1 heterocycles. The van der Waals surface area contributed by atoms with Gasteiger partial charge in [0.1, 0.15) is 0 Å². The largest absolute Gasteiger partial charge is 0.298 e. The summed E-state index contributed by atoms with van der Waals surface area (Å²) >= 11 is 0. The van der Waals surface area contributed by atoms with Crippen LogP contribution in [0.2, 0.25) is 0 Å². The van der Waals surface area contributed by atoms with Crippen molar-refractivity contribution in [2.75, 3.05) is 18.6 Å². The Kier molecular flexibility index (Phi) is 2.86. The molecule has 1 atom stereocenters. The first-order valence-electron chi connectivity index (χ1n) is 3.67. The van der Waals surface area contributed by atoms with E-state index >= 15 is 0 Å². The average molecular weight is 179 g/mol. The van der Waals surface area contributed by atoms with E-state index in [4.69, 9.17) is 4.84 Å². The van der Waals surface area contributed by atoms with Crippen molar-refractivity contribution >= 4 is 9.84 Å². The molecule has 11 heavy (non-hydrogen) atoms. The highest BCUT2D eigenvalue weighted by atomic mass is 32.2. The summed E-state index contributed by atoms with van der Waals surface area (Å²) in [5.41, 5.74) is 2.51. The number of sulfone groups is 1. The van der Waals surface area contributed by atoms with Crippen LogP contribution in [0.3, 0.4) is 0 Å². The lowest BCUT2D eigenvalue weighted by Gasteiger charge is -2.20. The van der Waals surface area contributed by atoms with E-state index in [1.54, 1.807) is 7.05 Å². The van der Waals surface area contributed by atoms with Crippen LogP contribution >= 0.6 is 0 Å². The Morgan fingerprint density at radius 3 is 2.82 bits per heavy atom. The smallest absolute Gasteiger partial charge is 0.152 e. The summed E-state index contributed by atoms with van der Waals surface area (Å²) in [5, 5.41) is 0. The quantitative estimate of drug-likeness (QED) is 0.592. The number of rotatable bonds is 2. The van der Waals surface area contributed by atoms with Crippen LogP contribution in [-0.4, -0.2) is 33.1 Å². The molecule has 1 fully saturated rings. The SMILES string of the molecule is CNOC1CCCS(=O)(=O)C1. The summed E-state index contributed by atoms with van der Waals surface area (Å²) in [6.07, 6.45) is 1.40. The minimum absolute atomic E-state index is 0.154. The average Bonchev–Trinajstić information content (AvgIpc) is 1.85. The zero-order chi connectivity index (χ0) is 8.32. The zero-order valence-corrected chi connectivity index (χ0v) is 7.36. The second kappa shape index (κ2) is 3.51. The number of hydrogen-bond acceptors (Lipinski definition) is 4. The van der Waals surface area contributed by atoms with E-state index in [1.807, 2.05) is 0 Å². The third-order valence-corrected chi connectivity index (χ3v) is 3.50. The predicted octanol–water partition coefficient (Wildman–Crippen LogP) is -0.285. The highest BCUT2D eigenvalue weighted by Gasteiger charge is 2.24. The molecular weight excluding hydrogens is 166 g/mol. The van der Waals surface area contributed by atoms with Crippen LogP contribution < -0.4 is 5.48 Å². The summed E-state index contributed by atoms with van der Waals surface area (Å²) in [4.78, 5) is 4.99. The van der Waals surface area contributed by atoms with Gasteiger partial charge in [0, 0.05) is 7.05 Å². The first kappa shape index (κ1) is 8.96. The zero-order valence-electron chi connectivity index (χ0n) is 6.54. The molecule has 1 rings (SSSR count). The fourth-order valence-corrected chi connectivity index (χ4v) is 2.81. The summed E-state index contributed by atoms with van der Waals surface area (Å²) < 4.78 is 22.1. The topological polar surface area (TPSA) is 55.4 Å². The van der Waals surface area contributed by atoms with Crippen LogP contribution in [0.25, 0.3) is 0 Å². The van der Waals surface area contributed by atoms with Gasteiger partial charge in [-0.25, -0.2) is 13.9 Å². The maximum atomic E-state index is 11.0. The molecule has 1 N–H and O–H groups in total. The molecule has 0 aromatic rings. The molecule has 0 aromatic carbocycles. The van der Waals surface area contributed by atoms with E-state index in [0.29, 0.717) is 12.2 Å². The molecule has 5 heteroatoms. The van der Waals surface area contributed by atoms with Gasteiger partial charge in [0.15, 0.2) is 9.84 Å². The van der Waals surface area contributed by atoms with Gasteiger partial charge in [-0.15, -0.1) is 0 Å². The van der Waals surface area contributed by atoms with E-state index < -0.39 is 9.84 Å². The molecule has 0 aromatic heterocycles. The summed E-state index contributed by atoms with van der Waals surface area (Å²) in [7, 11) is -1.18. The predicted molar refractivity (Wildman–Crippen MR) is 41.8 cm³/mol. The van der Waals surface area contributed by atoms with Crippen LogP contribution in [-0.2, 0) is 14.7 Å². The van der Waals surface area contributed by atoms with E-state index in [1.165, 1.54) is 0 Å². The molecule has 0 aliphatic carbocycles. The fourth-order valence-electron chi connectivity index (χ4n) is 1.24. The molecule has 0 saturated carbocycles. The van der Waals surface area contributed by atoms with Gasteiger partial charge in [-0.1, -0.05) is 0 Å². The second-order valence-electron chi connectivity index (χ2n) is 2.70. The normalized spacial score (nSPS) is 30.1. The van der Waals surface area contributed by atoms with Crippen LogP contribution in [0.4, 0.5) is 0 Å². The third kappa shape index (κ3) is 2.76. The van der Waals surface area contributed by atoms with E-state index in [9.17, 15) is 8.42 Å². The van der Waals surface area contributed by atoms with Gasteiger partial charge in [-0.3, -0.25) is 4.84 Å². The molecule has 4 nitrogen and oxygen atoms in total. The Hall–Kier alpha value is -0.130. The van der Waals surface area contributed by atoms with Crippen molar-refractivity contribution in [1.82, 2.24) is 5.48 Å². The molecule has 1 aliphatic rings.